The first-order valence-electron chi connectivity index (χ1n) is 9.53. The summed E-state index contributed by atoms with van der Waals surface area (Å²) in [4.78, 5) is 20.3. The van der Waals surface area contributed by atoms with E-state index in [2.05, 4.69) is 46.4 Å². The van der Waals surface area contributed by atoms with Crippen LogP contribution >= 0.6 is 0 Å². The van der Waals surface area contributed by atoms with Crippen LogP contribution in [0.25, 0.3) is 0 Å². The van der Waals surface area contributed by atoms with Crippen molar-refractivity contribution in [3.05, 3.63) is 35.4 Å². The number of carbonyl (C=O) groups excluding carboxylic acids is 1. The molecule has 3 rings (SSSR count). The number of rotatable bonds is 4. The predicted molar refractivity (Wildman–Crippen MR) is 104 cm³/mol. The molecule has 1 aliphatic heterocycles. The molecule has 2 fully saturated rings. The molecule has 0 unspecified atom stereocenters. The van der Waals surface area contributed by atoms with E-state index < -0.39 is 0 Å². The highest BCUT2D eigenvalue weighted by Gasteiger charge is 2.45. The smallest absolute Gasteiger partial charge is 0.409 e. The summed E-state index contributed by atoms with van der Waals surface area (Å²) in [6.45, 7) is 8.24. The van der Waals surface area contributed by atoms with Crippen molar-refractivity contribution in [2.24, 2.45) is 4.99 Å². The number of guanidine groups is 1. The Labute approximate surface area is 156 Å². The van der Waals surface area contributed by atoms with Crippen LogP contribution in [0.1, 0.15) is 30.9 Å². The Balaban J connectivity index is 1.55. The third-order valence-corrected chi connectivity index (χ3v) is 5.47. The first-order chi connectivity index (χ1) is 12.6. The Hall–Kier alpha value is -2.24. The van der Waals surface area contributed by atoms with Crippen molar-refractivity contribution < 1.29 is 9.53 Å². The Morgan fingerprint density at radius 1 is 1.19 bits per heavy atom. The van der Waals surface area contributed by atoms with Crippen LogP contribution in [0, 0.1) is 6.92 Å². The van der Waals surface area contributed by atoms with Crippen LogP contribution in [0.15, 0.2) is 29.3 Å². The van der Waals surface area contributed by atoms with E-state index in [9.17, 15) is 4.79 Å². The molecule has 142 valence electrons. The molecule has 1 aliphatic carbocycles. The third-order valence-electron chi connectivity index (χ3n) is 5.47. The maximum absolute atomic E-state index is 11.8. The van der Waals surface area contributed by atoms with E-state index in [1.165, 1.54) is 24.0 Å². The molecular weight excluding hydrogens is 328 g/mol. The van der Waals surface area contributed by atoms with Gasteiger partial charge >= 0.3 is 6.09 Å². The van der Waals surface area contributed by atoms with E-state index >= 15 is 0 Å². The number of hydrogen-bond donors (Lipinski definition) is 1. The highest BCUT2D eigenvalue weighted by Crippen LogP contribution is 2.48. The van der Waals surface area contributed by atoms with Crippen LogP contribution in [0.2, 0.25) is 0 Å². The fourth-order valence-electron chi connectivity index (χ4n) is 3.76. The zero-order valence-electron chi connectivity index (χ0n) is 16.1. The zero-order chi connectivity index (χ0) is 18.6. The van der Waals surface area contributed by atoms with Gasteiger partial charge < -0.3 is 19.9 Å². The molecule has 0 atom stereocenters. The Kier molecular flexibility index (Phi) is 5.69. The van der Waals surface area contributed by atoms with Gasteiger partial charge in [-0.3, -0.25) is 4.99 Å². The van der Waals surface area contributed by atoms with Gasteiger partial charge in [0.05, 0.1) is 6.61 Å². The molecule has 26 heavy (non-hydrogen) atoms. The van der Waals surface area contributed by atoms with Crippen LogP contribution in [-0.4, -0.2) is 68.2 Å². The van der Waals surface area contributed by atoms with Crippen molar-refractivity contribution in [2.45, 2.75) is 32.1 Å². The first-order valence-corrected chi connectivity index (χ1v) is 9.53. The van der Waals surface area contributed by atoms with Crippen LogP contribution in [0.3, 0.4) is 0 Å². The zero-order valence-corrected chi connectivity index (χ0v) is 16.1. The molecule has 1 amide bonds. The number of amides is 1. The molecule has 1 saturated carbocycles. The van der Waals surface area contributed by atoms with Crippen molar-refractivity contribution in [1.29, 1.82) is 0 Å². The second-order valence-corrected chi connectivity index (χ2v) is 7.17. The average molecular weight is 358 g/mol. The number of aliphatic imine (C=N–C) groups is 1. The highest BCUT2D eigenvalue weighted by atomic mass is 16.6. The van der Waals surface area contributed by atoms with Gasteiger partial charge in [-0.25, -0.2) is 4.79 Å². The van der Waals surface area contributed by atoms with Gasteiger partial charge in [0.1, 0.15) is 0 Å². The SMILES string of the molecule is CCOC(=O)N1CCN(C(=NC)NCC2(c3ccccc3C)CC2)CC1. The normalized spacial score (nSPS) is 19.3. The molecule has 2 aliphatic rings. The van der Waals surface area contributed by atoms with Crippen molar-refractivity contribution in [3.8, 4) is 0 Å². The van der Waals surface area contributed by atoms with Crippen LogP contribution in [-0.2, 0) is 10.2 Å². The molecule has 1 heterocycles. The number of benzene rings is 1. The minimum atomic E-state index is -0.216. The molecule has 1 saturated heterocycles. The topological polar surface area (TPSA) is 57.2 Å². The van der Waals surface area contributed by atoms with Crippen LogP contribution < -0.4 is 5.32 Å². The lowest BCUT2D eigenvalue weighted by Gasteiger charge is -2.36. The fraction of sp³-hybridized carbons (Fsp3) is 0.600. The Bertz CT molecular complexity index is 662. The van der Waals surface area contributed by atoms with Crippen LogP contribution in [0.5, 0.6) is 0 Å². The summed E-state index contributed by atoms with van der Waals surface area (Å²) in [5.74, 6) is 0.924. The lowest BCUT2D eigenvalue weighted by atomic mass is 9.92. The third kappa shape index (κ3) is 3.94. The quantitative estimate of drug-likeness (QED) is 0.663. The van der Waals surface area contributed by atoms with E-state index in [0.29, 0.717) is 19.7 Å². The molecule has 1 N–H and O–H groups in total. The maximum atomic E-state index is 11.8. The average Bonchev–Trinajstić information content (AvgIpc) is 3.44. The summed E-state index contributed by atoms with van der Waals surface area (Å²) in [6, 6.07) is 8.68. The van der Waals surface area contributed by atoms with Gasteiger partial charge in [0.15, 0.2) is 5.96 Å². The van der Waals surface area contributed by atoms with Gasteiger partial charge in [-0.1, -0.05) is 24.3 Å². The second kappa shape index (κ2) is 7.98. The lowest BCUT2D eigenvalue weighted by Crippen LogP contribution is -2.54. The number of carbonyl (C=O) groups is 1. The highest BCUT2D eigenvalue weighted by molar-refractivity contribution is 5.80. The van der Waals surface area contributed by atoms with E-state index in [4.69, 9.17) is 4.74 Å². The number of piperazine rings is 1. The number of aryl methyl sites for hydroxylation is 1. The van der Waals surface area contributed by atoms with E-state index in [-0.39, 0.29) is 11.5 Å². The van der Waals surface area contributed by atoms with Crippen molar-refractivity contribution in [3.63, 3.8) is 0 Å². The molecule has 1 aromatic carbocycles. The van der Waals surface area contributed by atoms with Crippen molar-refractivity contribution in [1.82, 2.24) is 15.1 Å². The summed E-state index contributed by atoms with van der Waals surface area (Å²) in [7, 11) is 1.83. The standard InChI is InChI=1S/C20H30N4O2/c1-4-26-19(25)24-13-11-23(12-14-24)18(21-3)22-15-20(9-10-20)17-8-6-5-7-16(17)2/h5-8H,4,9-15H2,1-3H3,(H,21,22). The fourth-order valence-corrected chi connectivity index (χ4v) is 3.76. The van der Waals surface area contributed by atoms with Gasteiger partial charge in [0.2, 0.25) is 0 Å². The Morgan fingerprint density at radius 3 is 2.42 bits per heavy atom. The summed E-state index contributed by atoms with van der Waals surface area (Å²) >= 11 is 0. The minimum Gasteiger partial charge on any atom is -0.450 e. The summed E-state index contributed by atoms with van der Waals surface area (Å²) < 4.78 is 5.09. The molecule has 1 aromatic rings. The molecule has 0 radical (unpaired) electrons. The second-order valence-electron chi connectivity index (χ2n) is 7.17. The van der Waals surface area contributed by atoms with Crippen molar-refractivity contribution in [2.75, 3.05) is 46.4 Å². The molecule has 0 bridgehead atoms. The van der Waals surface area contributed by atoms with E-state index in [0.717, 1.165) is 25.6 Å². The monoisotopic (exact) mass is 358 g/mol. The summed E-state index contributed by atoms with van der Waals surface area (Å²) in [5.41, 5.74) is 3.06. The number of ether oxygens (including phenoxy) is 1. The van der Waals surface area contributed by atoms with Gasteiger partial charge in [0.25, 0.3) is 0 Å². The minimum absolute atomic E-state index is 0.216. The largest absolute Gasteiger partial charge is 0.450 e. The molecule has 6 nitrogen and oxygen atoms in total. The van der Waals surface area contributed by atoms with Crippen molar-refractivity contribution >= 4 is 12.1 Å². The summed E-state index contributed by atoms with van der Waals surface area (Å²) in [6.07, 6.45) is 2.23. The van der Waals surface area contributed by atoms with Gasteiger partial charge in [-0.2, -0.15) is 0 Å². The van der Waals surface area contributed by atoms with Gasteiger partial charge in [0, 0.05) is 45.2 Å². The first kappa shape index (κ1) is 18.5. The van der Waals surface area contributed by atoms with E-state index in [1.54, 1.807) is 4.90 Å². The molecule has 6 heteroatoms. The molecular formula is C20H30N4O2. The lowest BCUT2D eigenvalue weighted by molar-refractivity contribution is 0.0914. The number of hydrogen-bond acceptors (Lipinski definition) is 3. The molecule has 0 aromatic heterocycles. The predicted octanol–water partition coefficient (Wildman–Crippen LogP) is 2.38. The van der Waals surface area contributed by atoms with Gasteiger partial charge in [-0.05, 0) is 37.8 Å². The summed E-state index contributed by atoms with van der Waals surface area (Å²) in [5, 5.41) is 3.58. The number of nitrogens with one attached hydrogen (secondary N) is 1. The van der Waals surface area contributed by atoms with Gasteiger partial charge in [-0.15, -0.1) is 0 Å². The van der Waals surface area contributed by atoms with E-state index in [1.807, 2.05) is 14.0 Å². The Morgan fingerprint density at radius 2 is 1.85 bits per heavy atom. The molecule has 0 spiro atoms. The van der Waals surface area contributed by atoms with Crippen LogP contribution in [0.4, 0.5) is 4.79 Å². The maximum Gasteiger partial charge on any atom is 0.409 e. The number of nitrogens with zero attached hydrogens (tertiary/aromatic N) is 3.